The van der Waals surface area contributed by atoms with Crippen LogP contribution in [0.1, 0.15) is 61.3 Å². The Hall–Kier alpha value is -1.58. The van der Waals surface area contributed by atoms with Gasteiger partial charge >= 0.3 is 0 Å². The molecule has 0 aromatic carbocycles. The highest BCUT2D eigenvalue weighted by Crippen LogP contribution is 2.32. The van der Waals surface area contributed by atoms with Crippen LogP contribution in [0.15, 0.2) is 16.5 Å². The molecular weight excluding hydrogens is 266 g/mol. The van der Waals surface area contributed by atoms with Crippen molar-refractivity contribution < 1.29 is 14.0 Å². The Morgan fingerprint density at radius 3 is 2.71 bits per heavy atom. The summed E-state index contributed by atoms with van der Waals surface area (Å²) in [4.78, 5) is 26.8. The van der Waals surface area contributed by atoms with Crippen molar-refractivity contribution in [1.29, 1.82) is 0 Å². The first-order chi connectivity index (χ1) is 10.2. The minimum Gasteiger partial charge on any atom is -0.456 e. The molecule has 1 aliphatic heterocycles. The zero-order chi connectivity index (χ0) is 14.8. The second kappa shape index (κ2) is 6.04. The quantitative estimate of drug-likeness (QED) is 0.839. The number of likely N-dealkylation sites (tertiary alicyclic amines) is 1. The Bertz CT molecular complexity index is 534. The van der Waals surface area contributed by atoms with Crippen molar-refractivity contribution in [3.05, 3.63) is 23.7 Å². The molecule has 21 heavy (non-hydrogen) atoms. The summed E-state index contributed by atoms with van der Waals surface area (Å²) in [5.74, 6) is 1.50. The van der Waals surface area contributed by atoms with Gasteiger partial charge in [-0.15, -0.1) is 0 Å². The number of ketones is 1. The van der Waals surface area contributed by atoms with Gasteiger partial charge in [0.15, 0.2) is 5.76 Å². The Balaban J connectivity index is 1.80. The second-order valence-electron chi connectivity index (χ2n) is 6.29. The van der Waals surface area contributed by atoms with Crippen LogP contribution in [0.2, 0.25) is 0 Å². The summed E-state index contributed by atoms with van der Waals surface area (Å²) in [5.41, 5.74) is 0. The Kier molecular flexibility index (Phi) is 4.13. The highest BCUT2D eigenvalue weighted by molar-refractivity contribution is 5.92. The Morgan fingerprint density at radius 1 is 1.19 bits per heavy atom. The number of hydrogen-bond donors (Lipinski definition) is 0. The third kappa shape index (κ3) is 2.89. The summed E-state index contributed by atoms with van der Waals surface area (Å²) >= 11 is 0. The number of nitrogens with zero attached hydrogens (tertiary/aromatic N) is 1. The molecule has 0 N–H and O–H groups in total. The monoisotopic (exact) mass is 289 g/mol. The molecule has 4 heteroatoms. The topological polar surface area (TPSA) is 50.5 Å². The number of rotatable bonds is 2. The van der Waals surface area contributed by atoms with Gasteiger partial charge in [0, 0.05) is 24.9 Å². The van der Waals surface area contributed by atoms with Crippen molar-refractivity contribution >= 4 is 11.7 Å². The van der Waals surface area contributed by atoms with Gasteiger partial charge < -0.3 is 9.32 Å². The third-order valence-corrected chi connectivity index (χ3v) is 4.83. The van der Waals surface area contributed by atoms with Crippen molar-refractivity contribution in [2.75, 3.05) is 6.54 Å². The van der Waals surface area contributed by atoms with Crippen LogP contribution in [0.4, 0.5) is 0 Å². The number of carbonyl (C=O) groups excluding carboxylic acids is 2. The molecule has 0 spiro atoms. The lowest BCUT2D eigenvalue weighted by Crippen LogP contribution is -2.50. The average Bonchev–Trinajstić information content (AvgIpc) is 2.94. The lowest BCUT2D eigenvalue weighted by molar-refractivity contribution is -0.127. The molecule has 1 aliphatic carbocycles. The lowest BCUT2D eigenvalue weighted by atomic mass is 9.79. The molecular formula is C17H23NO3. The van der Waals surface area contributed by atoms with Crippen molar-refractivity contribution in [3.8, 4) is 0 Å². The zero-order valence-corrected chi connectivity index (χ0v) is 12.6. The fraction of sp³-hybridized carbons (Fsp3) is 0.647. The first-order valence-corrected chi connectivity index (χ1v) is 8.07. The van der Waals surface area contributed by atoms with Crippen molar-refractivity contribution in [3.63, 3.8) is 0 Å². The van der Waals surface area contributed by atoms with Gasteiger partial charge in [0.2, 0.25) is 0 Å². The maximum Gasteiger partial charge on any atom is 0.289 e. The van der Waals surface area contributed by atoms with E-state index < -0.39 is 0 Å². The fourth-order valence-electron chi connectivity index (χ4n) is 3.74. The van der Waals surface area contributed by atoms with Crippen LogP contribution in [-0.4, -0.2) is 29.2 Å². The summed E-state index contributed by atoms with van der Waals surface area (Å²) in [7, 11) is 0. The minimum atomic E-state index is -0.0498. The van der Waals surface area contributed by atoms with Gasteiger partial charge in [-0.25, -0.2) is 0 Å². The van der Waals surface area contributed by atoms with Crippen LogP contribution in [0, 0.1) is 12.8 Å². The van der Waals surface area contributed by atoms with Crippen molar-refractivity contribution in [2.45, 2.75) is 57.9 Å². The Morgan fingerprint density at radius 2 is 2.00 bits per heavy atom. The van der Waals surface area contributed by atoms with E-state index in [4.69, 9.17) is 4.42 Å². The standard InChI is InChI=1S/C17H23NO3/c1-12-9-10-16(21-12)17(20)18-11-5-4-7-14(18)13-6-2-3-8-15(13)19/h9-10,13-14H,2-8,11H2,1H3. The van der Waals surface area contributed by atoms with E-state index in [0.717, 1.165) is 50.8 Å². The molecule has 3 rings (SSSR count). The van der Waals surface area contributed by atoms with Crippen molar-refractivity contribution in [1.82, 2.24) is 4.90 Å². The molecule has 114 valence electrons. The van der Waals surface area contributed by atoms with Gasteiger partial charge in [0.05, 0.1) is 0 Å². The largest absolute Gasteiger partial charge is 0.456 e. The fourth-order valence-corrected chi connectivity index (χ4v) is 3.74. The summed E-state index contributed by atoms with van der Waals surface area (Å²) in [6.07, 6.45) is 6.80. The molecule has 2 unspecified atom stereocenters. The molecule has 1 amide bonds. The molecule has 0 radical (unpaired) electrons. The molecule has 2 heterocycles. The van der Waals surface area contributed by atoms with Gasteiger partial charge in [-0.3, -0.25) is 9.59 Å². The first kappa shape index (κ1) is 14.4. The molecule has 1 aromatic heterocycles. The van der Waals surface area contributed by atoms with E-state index in [1.165, 1.54) is 0 Å². The summed E-state index contributed by atoms with van der Waals surface area (Å²) in [5, 5.41) is 0. The maximum absolute atomic E-state index is 12.7. The van der Waals surface area contributed by atoms with E-state index in [9.17, 15) is 9.59 Å². The molecule has 2 aliphatic rings. The number of amides is 1. The second-order valence-corrected chi connectivity index (χ2v) is 6.29. The van der Waals surface area contributed by atoms with Crippen LogP contribution in [0.5, 0.6) is 0 Å². The molecule has 2 atom stereocenters. The van der Waals surface area contributed by atoms with Gasteiger partial charge in [0.1, 0.15) is 11.5 Å². The van der Waals surface area contributed by atoms with Crippen LogP contribution < -0.4 is 0 Å². The van der Waals surface area contributed by atoms with E-state index in [0.29, 0.717) is 18.0 Å². The van der Waals surface area contributed by atoms with Gasteiger partial charge in [0.25, 0.3) is 5.91 Å². The zero-order valence-electron chi connectivity index (χ0n) is 12.6. The summed E-state index contributed by atoms with van der Waals surface area (Å²) in [6, 6.07) is 3.63. The number of Topliss-reactive ketones (excluding diaryl/α,β-unsaturated/α-hetero) is 1. The normalized spacial score (nSPS) is 26.9. The van der Waals surface area contributed by atoms with Gasteiger partial charge in [-0.2, -0.15) is 0 Å². The van der Waals surface area contributed by atoms with Gasteiger partial charge in [-0.05, 0) is 51.2 Å². The van der Waals surface area contributed by atoms with E-state index in [1.54, 1.807) is 6.07 Å². The third-order valence-electron chi connectivity index (χ3n) is 4.83. The predicted octanol–water partition coefficient (Wildman–Crippen LogP) is 3.34. The Labute approximate surface area is 125 Å². The number of carbonyl (C=O) groups is 2. The predicted molar refractivity (Wildman–Crippen MR) is 79.1 cm³/mol. The molecule has 4 nitrogen and oxygen atoms in total. The number of furan rings is 1. The van der Waals surface area contributed by atoms with E-state index in [1.807, 2.05) is 17.9 Å². The molecule has 1 aromatic rings. The molecule has 1 saturated heterocycles. The van der Waals surface area contributed by atoms with E-state index in [-0.39, 0.29) is 17.9 Å². The first-order valence-electron chi connectivity index (χ1n) is 8.07. The SMILES string of the molecule is Cc1ccc(C(=O)N2CCCCC2C2CCCCC2=O)o1. The maximum atomic E-state index is 12.7. The number of piperidine rings is 1. The summed E-state index contributed by atoms with van der Waals surface area (Å²) < 4.78 is 5.48. The molecule has 0 bridgehead atoms. The molecule has 2 fully saturated rings. The average molecular weight is 289 g/mol. The number of hydrogen-bond acceptors (Lipinski definition) is 3. The van der Waals surface area contributed by atoms with Gasteiger partial charge in [-0.1, -0.05) is 6.42 Å². The highest BCUT2D eigenvalue weighted by Gasteiger charge is 2.38. The highest BCUT2D eigenvalue weighted by atomic mass is 16.3. The van der Waals surface area contributed by atoms with E-state index in [2.05, 4.69) is 0 Å². The minimum absolute atomic E-state index is 0.0408. The van der Waals surface area contributed by atoms with Crippen LogP contribution in [0.3, 0.4) is 0 Å². The lowest BCUT2D eigenvalue weighted by Gasteiger charge is -2.40. The van der Waals surface area contributed by atoms with E-state index >= 15 is 0 Å². The van der Waals surface area contributed by atoms with Crippen LogP contribution in [-0.2, 0) is 4.79 Å². The number of aryl methyl sites for hydroxylation is 1. The van der Waals surface area contributed by atoms with Crippen LogP contribution >= 0.6 is 0 Å². The van der Waals surface area contributed by atoms with Crippen molar-refractivity contribution in [2.24, 2.45) is 5.92 Å². The summed E-state index contributed by atoms with van der Waals surface area (Å²) in [6.45, 7) is 2.59. The smallest absolute Gasteiger partial charge is 0.289 e. The molecule has 1 saturated carbocycles. The van der Waals surface area contributed by atoms with Crippen LogP contribution in [0.25, 0.3) is 0 Å².